The van der Waals surface area contributed by atoms with Crippen LogP contribution in [0.5, 0.6) is 0 Å². The first kappa shape index (κ1) is 20.1. The van der Waals surface area contributed by atoms with Crippen LogP contribution >= 0.6 is 0 Å². The Bertz CT molecular complexity index is 1110. The molecule has 2 aliphatic heterocycles. The van der Waals surface area contributed by atoms with Crippen LogP contribution in [0, 0.1) is 0 Å². The fourth-order valence-electron chi connectivity index (χ4n) is 4.24. The van der Waals surface area contributed by atoms with Gasteiger partial charge in [-0.3, -0.25) is 14.3 Å². The topological polar surface area (TPSA) is 68.4 Å². The van der Waals surface area contributed by atoms with Gasteiger partial charge in [-0.15, -0.1) is 0 Å². The Morgan fingerprint density at radius 3 is 2.74 bits per heavy atom. The predicted octanol–water partition coefficient (Wildman–Crippen LogP) is 1.71. The number of alkyl halides is 2. The molecule has 0 saturated carbocycles. The Morgan fingerprint density at radius 1 is 1.13 bits per heavy atom. The summed E-state index contributed by atoms with van der Waals surface area (Å²) >= 11 is 0. The maximum absolute atomic E-state index is 12.6. The van der Waals surface area contributed by atoms with Crippen molar-refractivity contribution in [2.24, 2.45) is 0 Å². The van der Waals surface area contributed by atoms with Crippen molar-refractivity contribution >= 4 is 16.6 Å². The Hall–Kier alpha value is -2.85. The molecule has 0 aliphatic carbocycles. The number of piperazine rings is 1. The standard InChI is InChI=1S/C21H24F2N6O2/c22-19(23)12-29-14-24-18-9-16(1-2-17(18)21(29)30)27-5-3-26(4-6-27)10-15-11-28-7-8-31-13-20(28)25-15/h1-2,9,11,14,19H,3-8,10,12-13H2. The second-order valence-electron chi connectivity index (χ2n) is 7.95. The van der Waals surface area contributed by atoms with Crippen LogP contribution in [0.1, 0.15) is 11.5 Å². The molecule has 0 N–H and O–H groups in total. The van der Waals surface area contributed by atoms with Crippen molar-refractivity contribution in [3.63, 3.8) is 0 Å². The molecule has 31 heavy (non-hydrogen) atoms. The minimum absolute atomic E-state index is 0.360. The largest absolute Gasteiger partial charge is 0.372 e. The first-order valence-corrected chi connectivity index (χ1v) is 10.4. The van der Waals surface area contributed by atoms with E-state index in [-0.39, 0.29) is 0 Å². The van der Waals surface area contributed by atoms with Crippen LogP contribution in [0.15, 0.2) is 35.5 Å². The molecule has 3 aromatic rings. The van der Waals surface area contributed by atoms with Crippen molar-refractivity contribution in [1.29, 1.82) is 0 Å². The maximum Gasteiger partial charge on any atom is 0.261 e. The average molecular weight is 430 g/mol. The summed E-state index contributed by atoms with van der Waals surface area (Å²) < 4.78 is 33.9. The first-order chi connectivity index (χ1) is 15.1. The zero-order chi connectivity index (χ0) is 21.4. The third-order valence-electron chi connectivity index (χ3n) is 5.88. The lowest BCUT2D eigenvalue weighted by molar-refractivity contribution is 0.0816. The highest BCUT2D eigenvalue weighted by molar-refractivity contribution is 5.81. The molecule has 164 valence electrons. The number of aromatic nitrogens is 4. The molecular weight excluding hydrogens is 406 g/mol. The van der Waals surface area contributed by atoms with E-state index in [1.165, 1.54) is 6.33 Å². The summed E-state index contributed by atoms with van der Waals surface area (Å²) in [6.07, 6.45) is 0.738. The lowest BCUT2D eigenvalue weighted by atomic mass is 10.2. The number of ether oxygens (including phenoxy) is 1. The molecule has 2 aliphatic rings. The van der Waals surface area contributed by atoms with Gasteiger partial charge in [0.2, 0.25) is 0 Å². The van der Waals surface area contributed by atoms with E-state index >= 15 is 0 Å². The van der Waals surface area contributed by atoms with Crippen LogP contribution in [-0.2, 0) is 31.0 Å². The van der Waals surface area contributed by atoms with Gasteiger partial charge < -0.3 is 14.2 Å². The summed E-state index contributed by atoms with van der Waals surface area (Å²) in [5.74, 6) is 0.996. The molecule has 0 amide bonds. The minimum Gasteiger partial charge on any atom is -0.372 e. The lowest BCUT2D eigenvalue weighted by Crippen LogP contribution is -2.46. The number of benzene rings is 1. The van der Waals surface area contributed by atoms with Crippen LogP contribution in [-0.4, -0.2) is 63.2 Å². The van der Waals surface area contributed by atoms with Gasteiger partial charge in [-0.25, -0.2) is 18.7 Å². The molecule has 1 saturated heterocycles. The van der Waals surface area contributed by atoms with E-state index in [2.05, 4.69) is 30.5 Å². The second-order valence-corrected chi connectivity index (χ2v) is 7.95. The van der Waals surface area contributed by atoms with Crippen molar-refractivity contribution in [3.8, 4) is 0 Å². The van der Waals surface area contributed by atoms with Crippen LogP contribution in [0.25, 0.3) is 10.9 Å². The van der Waals surface area contributed by atoms with Gasteiger partial charge in [0.05, 0.1) is 36.1 Å². The number of hydrogen-bond donors (Lipinski definition) is 0. The van der Waals surface area contributed by atoms with Gasteiger partial charge in [0, 0.05) is 51.2 Å². The molecule has 0 bridgehead atoms. The van der Waals surface area contributed by atoms with Crippen LogP contribution < -0.4 is 10.5 Å². The number of hydrogen-bond acceptors (Lipinski definition) is 6. The smallest absolute Gasteiger partial charge is 0.261 e. The predicted molar refractivity (Wildman–Crippen MR) is 111 cm³/mol. The summed E-state index contributed by atoms with van der Waals surface area (Å²) in [5.41, 5.74) is 2.15. The molecule has 0 radical (unpaired) electrons. The van der Waals surface area contributed by atoms with Gasteiger partial charge in [0.25, 0.3) is 12.0 Å². The minimum atomic E-state index is -2.59. The Kier molecular flexibility index (Phi) is 5.41. The highest BCUT2D eigenvalue weighted by Crippen LogP contribution is 2.21. The van der Waals surface area contributed by atoms with Gasteiger partial charge in [-0.1, -0.05) is 0 Å². The molecule has 2 aromatic heterocycles. The maximum atomic E-state index is 12.6. The normalized spacial score (nSPS) is 17.5. The van der Waals surface area contributed by atoms with Crippen molar-refractivity contribution < 1.29 is 13.5 Å². The Labute approximate surface area is 177 Å². The zero-order valence-electron chi connectivity index (χ0n) is 17.1. The molecule has 4 heterocycles. The summed E-state index contributed by atoms with van der Waals surface area (Å²) in [7, 11) is 0. The highest BCUT2D eigenvalue weighted by Gasteiger charge is 2.20. The second kappa shape index (κ2) is 8.35. The highest BCUT2D eigenvalue weighted by atomic mass is 19.3. The van der Waals surface area contributed by atoms with Gasteiger partial charge in [-0.2, -0.15) is 0 Å². The molecular formula is C21H24F2N6O2. The van der Waals surface area contributed by atoms with Crippen molar-refractivity contribution in [2.75, 3.05) is 37.7 Å². The molecule has 1 fully saturated rings. The van der Waals surface area contributed by atoms with E-state index in [1.807, 2.05) is 12.1 Å². The number of rotatable bonds is 5. The molecule has 0 atom stereocenters. The van der Waals surface area contributed by atoms with E-state index in [9.17, 15) is 13.6 Å². The van der Waals surface area contributed by atoms with Gasteiger partial charge >= 0.3 is 0 Å². The van der Waals surface area contributed by atoms with Crippen LogP contribution in [0.2, 0.25) is 0 Å². The SMILES string of the molecule is O=c1c2ccc(N3CCN(Cc4cn5c(n4)COCC5)CC3)cc2ncn1CC(F)F. The van der Waals surface area contributed by atoms with Crippen molar-refractivity contribution in [3.05, 3.63) is 52.6 Å². The summed E-state index contributed by atoms with van der Waals surface area (Å²) in [6.45, 7) is 5.86. The van der Waals surface area contributed by atoms with Crippen molar-refractivity contribution in [2.45, 2.75) is 32.7 Å². The van der Waals surface area contributed by atoms with Crippen molar-refractivity contribution in [1.82, 2.24) is 24.0 Å². The average Bonchev–Trinajstić information content (AvgIpc) is 3.18. The molecule has 0 unspecified atom stereocenters. The summed E-state index contributed by atoms with van der Waals surface area (Å²) in [6, 6.07) is 5.42. The van der Waals surface area contributed by atoms with E-state index in [1.54, 1.807) is 6.07 Å². The molecule has 8 nitrogen and oxygen atoms in total. The van der Waals surface area contributed by atoms with Gasteiger partial charge in [0.1, 0.15) is 12.4 Å². The Morgan fingerprint density at radius 2 is 1.97 bits per heavy atom. The molecule has 5 rings (SSSR count). The number of anilines is 1. The van der Waals surface area contributed by atoms with E-state index in [4.69, 9.17) is 4.74 Å². The third-order valence-corrected chi connectivity index (χ3v) is 5.88. The molecule has 10 heteroatoms. The monoisotopic (exact) mass is 430 g/mol. The van der Waals surface area contributed by atoms with E-state index < -0.39 is 18.5 Å². The summed E-state index contributed by atoms with van der Waals surface area (Å²) in [5, 5.41) is 0.360. The molecule has 0 spiro atoms. The van der Waals surface area contributed by atoms with Gasteiger partial charge in [-0.05, 0) is 18.2 Å². The lowest BCUT2D eigenvalue weighted by Gasteiger charge is -2.35. The number of fused-ring (bicyclic) bond motifs is 2. The summed E-state index contributed by atoms with van der Waals surface area (Å²) in [4.78, 5) is 25.9. The quantitative estimate of drug-likeness (QED) is 0.614. The number of halogens is 2. The first-order valence-electron chi connectivity index (χ1n) is 10.4. The fourth-order valence-corrected chi connectivity index (χ4v) is 4.24. The zero-order valence-corrected chi connectivity index (χ0v) is 17.1. The molecule has 1 aromatic carbocycles. The van der Waals surface area contributed by atoms with E-state index in [0.717, 1.165) is 67.6 Å². The third kappa shape index (κ3) is 4.17. The fraction of sp³-hybridized carbons (Fsp3) is 0.476. The number of imidazole rings is 1. The van der Waals surface area contributed by atoms with Crippen LogP contribution in [0.4, 0.5) is 14.5 Å². The van der Waals surface area contributed by atoms with E-state index in [0.29, 0.717) is 17.5 Å². The number of nitrogens with zero attached hydrogens (tertiary/aromatic N) is 6. The van der Waals surface area contributed by atoms with Crippen LogP contribution in [0.3, 0.4) is 0 Å². The van der Waals surface area contributed by atoms with Gasteiger partial charge in [0.15, 0.2) is 0 Å². The Balaban J connectivity index is 1.24.